The van der Waals surface area contributed by atoms with E-state index < -0.39 is 0 Å². The molecule has 1 aromatic carbocycles. The van der Waals surface area contributed by atoms with Crippen LogP contribution in [-0.2, 0) is 58.8 Å². The zero-order valence-corrected chi connectivity index (χ0v) is 50.3. The molecule has 1 aliphatic carbocycles. The van der Waals surface area contributed by atoms with Crippen molar-refractivity contribution < 1.29 is 71.5 Å². The lowest BCUT2D eigenvalue weighted by molar-refractivity contribution is -0.145. The molecule has 6 aliphatic rings. The standard InChI is InChI=1S/C61H106N4O15/c1-10-44-39(3)48-35-50-41(5)46(59(64-50)47-34-54(66)58-42(6)51(65-60(47)58)37-53-45(11-2)40(4)49(63-53)36-52(44)62-48)12-13-57(67)80-38-43-32-55(77-29-26-74-23-20-71-17-14-68-7)61(79-31-28-76-25-22-73-19-16-70-9)56(33-43)78-30-27-75-24-21-72-18-15-69-8/h32-33,39-42,44-54,58-60,62-66H,10-31,34-38H2,1-9H3/t39?,40?,41-,42?,44?,45?,46-,47?,48?,49?,50?,51?,52?,53?,54?,58?,59?,60?/m0/s1. The van der Waals surface area contributed by atoms with Crippen molar-refractivity contribution in [2.45, 2.75) is 154 Å². The van der Waals surface area contributed by atoms with E-state index in [2.05, 4.69) is 62.8 Å². The van der Waals surface area contributed by atoms with Crippen LogP contribution in [0.3, 0.4) is 0 Å². The Hall–Kier alpha value is -2.47. The number of ether oxygens (including phenoxy) is 13. The van der Waals surface area contributed by atoms with Crippen molar-refractivity contribution in [2.75, 3.05) is 140 Å². The highest BCUT2D eigenvalue weighted by Crippen LogP contribution is 2.51. The van der Waals surface area contributed by atoms with Crippen LogP contribution in [0.1, 0.15) is 98.5 Å². The molecule has 5 heterocycles. The summed E-state index contributed by atoms with van der Waals surface area (Å²) in [4.78, 5) is 14.1. The Morgan fingerprint density at radius 2 is 0.887 bits per heavy atom. The van der Waals surface area contributed by atoms with Crippen molar-refractivity contribution in [3.63, 3.8) is 0 Å². The lowest BCUT2D eigenvalue weighted by atomic mass is 9.76. The van der Waals surface area contributed by atoms with Gasteiger partial charge in [-0.2, -0.15) is 0 Å². The Morgan fingerprint density at radius 1 is 0.487 bits per heavy atom. The number of hydrogen-bond acceptors (Lipinski definition) is 19. The third kappa shape index (κ3) is 18.0. The van der Waals surface area contributed by atoms with E-state index in [9.17, 15) is 9.90 Å². The van der Waals surface area contributed by atoms with Gasteiger partial charge in [0.1, 0.15) is 26.4 Å². The highest BCUT2D eigenvalue weighted by atomic mass is 16.6. The average Bonchev–Trinajstić information content (AvgIpc) is 4.32. The summed E-state index contributed by atoms with van der Waals surface area (Å²) in [5, 5.41) is 28.9. The Balaban J connectivity index is 1.04. The Kier molecular flexibility index (Phi) is 28.0. The number of hydrogen-bond donors (Lipinski definition) is 5. The van der Waals surface area contributed by atoms with Crippen molar-refractivity contribution in [3.8, 4) is 17.2 Å². The van der Waals surface area contributed by atoms with Gasteiger partial charge < -0.3 is 88.0 Å². The first kappa shape index (κ1) is 65.1. The number of carbonyl (C=O) groups is 1. The molecule has 5 saturated heterocycles. The van der Waals surface area contributed by atoms with Crippen LogP contribution >= 0.6 is 0 Å². The summed E-state index contributed by atoms with van der Waals surface area (Å²) in [5.74, 6) is 4.84. The highest BCUT2D eigenvalue weighted by molar-refractivity contribution is 5.69. The lowest BCUT2D eigenvalue weighted by Gasteiger charge is -2.32. The molecule has 80 heavy (non-hydrogen) atoms. The van der Waals surface area contributed by atoms with Crippen molar-refractivity contribution in [1.29, 1.82) is 0 Å². The maximum Gasteiger partial charge on any atom is 0.306 e. The van der Waals surface area contributed by atoms with E-state index >= 15 is 0 Å². The molecule has 6 fully saturated rings. The van der Waals surface area contributed by atoms with Gasteiger partial charge in [0.05, 0.1) is 105 Å². The number of benzene rings is 1. The summed E-state index contributed by atoms with van der Waals surface area (Å²) < 4.78 is 74.6. The highest BCUT2D eigenvalue weighted by Gasteiger charge is 2.58. The number of aliphatic hydroxyl groups is 1. The quantitative estimate of drug-likeness (QED) is 0.0416. The van der Waals surface area contributed by atoms with Crippen LogP contribution in [0.15, 0.2) is 12.1 Å². The lowest BCUT2D eigenvalue weighted by Crippen LogP contribution is -2.48. The first-order chi connectivity index (χ1) is 39.0. The molecule has 18 atom stereocenters. The zero-order valence-electron chi connectivity index (χ0n) is 50.3. The first-order valence-electron chi connectivity index (χ1n) is 30.9. The number of rotatable bonds is 37. The van der Waals surface area contributed by atoms with Crippen LogP contribution in [0.5, 0.6) is 17.2 Å². The molecule has 1 saturated carbocycles. The minimum Gasteiger partial charge on any atom is -0.487 e. The van der Waals surface area contributed by atoms with E-state index in [-0.39, 0.29) is 80.8 Å². The third-order valence-electron chi connectivity index (χ3n) is 19.1. The Morgan fingerprint density at radius 3 is 1.36 bits per heavy atom. The summed E-state index contributed by atoms with van der Waals surface area (Å²) >= 11 is 0. The molecule has 0 amide bonds. The maximum absolute atomic E-state index is 14.1. The number of carbonyl (C=O) groups excluding carboxylic acids is 1. The number of aliphatic hydroxyl groups excluding tert-OH is 1. The number of methoxy groups -OCH3 is 3. The molecule has 1 aromatic rings. The zero-order chi connectivity index (χ0) is 56.8. The van der Waals surface area contributed by atoms with Crippen LogP contribution in [0.4, 0.5) is 0 Å². The van der Waals surface area contributed by atoms with E-state index in [1.165, 1.54) is 19.3 Å². The second-order valence-corrected chi connectivity index (χ2v) is 23.7. The third-order valence-corrected chi connectivity index (χ3v) is 19.1. The molecule has 460 valence electrons. The SMILES string of the molecule is CCC1C2CC3NC(CC4NC5C(CC(O)C5C4C)C4NC(CC(N2)C1C)[C@@H](C)[C@@H]4CCC(=O)OCc1cc(OCCOCCOCCOC)c(OCCOCCOCCOC)c(OCCOCCOCCOC)c1)C(CC)C3C. The van der Waals surface area contributed by atoms with Crippen molar-refractivity contribution in [3.05, 3.63) is 17.7 Å². The summed E-state index contributed by atoms with van der Waals surface area (Å²) in [5.41, 5.74) is 0.685. The second-order valence-electron chi connectivity index (χ2n) is 23.7. The topological polar surface area (TPSA) is 205 Å². The summed E-state index contributed by atoms with van der Waals surface area (Å²) in [6, 6.07) is 6.56. The van der Waals surface area contributed by atoms with Gasteiger partial charge in [0.25, 0.3) is 0 Å². The largest absolute Gasteiger partial charge is 0.487 e. The number of esters is 1. The maximum atomic E-state index is 14.1. The van der Waals surface area contributed by atoms with Crippen LogP contribution in [0, 0.1) is 53.3 Å². The molecule has 5 aliphatic heterocycles. The van der Waals surface area contributed by atoms with Gasteiger partial charge in [-0.15, -0.1) is 0 Å². The minimum atomic E-state index is -0.355. The van der Waals surface area contributed by atoms with Crippen LogP contribution in [0.25, 0.3) is 0 Å². The monoisotopic (exact) mass is 1130 g/mol. The molecule has 7 rings (SSSR count). The van der Waals surface area contributed by atoms with E-state index in [0.29, 0.717) is 194 Å². The smallest absolute Gasteiger partial charge is 0.306 e. The van der Waals surface area contributed by atoms with Crippen molar-refractivity contribution in [2.24, 2.45) is 53.3 Å². The van der Waals surface area contributed by atoms with Gasteiger partial charge in [0.15, 0.2) is 11.5 Å². The first-order valence-corrected chi connectivity index (χ1v) is 30.9. The van der Waals surface area contributed by atoms with E-state index in [0.717, 1.165) is 19.3 Å². The molecule has 0 spiro atoms. The van der Waals surface area contributed by atoms with Crippen molar-refractivity contribution >= 4 is 5.97 Å². The van der Waals surface area contributed by atoms with Gasteiger partial charge in [-0.3, -0.25) is 4.79 Å². The van der Waals surface area contributed by atoms with Gasteiger partial charge in [0.2, 0.25) is 5.75 Å². The minimum absolute atomic E-state index is 0.00824. The molecule has 0 aromatic heterocycles. The number of fused-ring (bicyclic) bond motifs is 8. The van der Waals surface area contributed by atoms with Gasteiger partial charge >= 0.3 is 5.97 Å². The van der Waals surface area contributed by atoms with E-state index in [4.69, 9.17) is 61.6 Å². The van der Waals surface area contributed by atoms with Gasteiger partial charge in [0, 0.05) is 82.0 Å². The number of nitrogens with one attached hydrogen (secondary N) is 4. The summed E-state index contributed by atoms with van der Waals surface area (Å²) in [6.45, 7) is 21.6. The predicted octanol–water partition coefficient (Wildman–Crippen LogP) is 5.44. The average molecular weight is 1140 g/mol. The van der Waals surface area contributed by atoms with Gasteiger partial charge in [-0.1, -0.05) is 54.4 Å². The fraction of sp³-hybridized carbons (Fsp3) is 0.885. The van der Waals surface area contributed by atoms with Gasteiger partial charge in [-0.05, 0) is 97.1 Å². The molecule has 8 bridgehead atoms. The molecule has 0 radical (unpaired) electrons. The van der Waals surface area contributed by atoms with Crippen molar-refractivity contribution in [1.82, 2.24) is 21.3 Å². The van der Waals surface area contributed by atoms with E-state index in [1.807, 2.05) is 12.1 Å². The summed E-state index contributed by atoms with van der Waals surface area (Å²) in [6.07, 6.45) is 7.06. The molecular formula is C61H106N4O15. The molecular weight excluding hydrogens is 1030 g/mol. The predicted molar refractivity (Wildman–Crippen MR) is 305 cm³/mol. The molecule has 19 heteroatoms. The van der Waals surface area contributed by atoms with Crippen LogP contribution < -0.4 is 35.5 Å². The van der Waals surface area contributed by atoms with Gasteiger partial charge in [-0.25, -0.2) is 0 Å². The van der Waals surface area contributed by atoms with Crippen LogP contribution in [0.2, 0.25) is 0 Å². The molecule has 16 unspecified atom stereocenters. The van der Waals surface area contributed by atoms with Crippen LogP contribution in [-0.4, -0.2) is 206 Å². The normalized spacial score (nSPS) is 33.6. The second kappa shape index (κ2) is 34.5. The molecule has 19 nitrogen and oxygen atoms in total. The fourth-order valence-electron chi connectivity index (χ4n) is 14.9. The Labute approximate surface area is 479 Å². The summed E-state index contributed by atoms with van der Waals surface area (Å²) in [7, 11) is 4.92. The Bertz CT molecular complexity index is 1870. The van der Waals surface area contributed by atoms with E-state index in [1.54, 1.807) is 21.3 Å². The molecule has 5 N–H and O–H groups in total. The fourth-order valence-corrected chi connectivity index (χ4v) is 14.9.